The Morgan fingerprint density at radius 2 is 1.64 bits per heavy atom. The normalized spacial score (nSPS) is 14.4. The Labute approximate surface area is 261 Å². The highest BCUT2D eigenvalue weighted by molar-refractivity contribution is 5.77. The van der Waals surface area contributed by atoms with Gasteiger partial charge in [-0.2, -0.15) is 5.26 Å². The Balaban J connectivity index is 1.37. The van der Waals surface area contributed by atoms with E-state index in [2.05, 4.69) is 13.0 Å². The summed E-state index contributed by atoms with van der Waals surface area (Å²) < 4.78 is 42.4. The SMILES string of the molecule is CCOc1cc(C2C(C#N)=C(N)Oc3cc(OC(=O)C(C)Oc4ccc(CC)cc4)ccc32)ccc1OCc1ccc(F)cc1. The van der Waals surface area contributed by atoms with Crippen LogP contribution in [0.2, 0.25) is 0 Å². The minimum absolute atomic E-state index is 0.0553. The molecule has 0 bridgehead atoms. The molecule has 0 saturated heterocycles. The molecule has 0 fully saturated rings. The van der Waals surface area contributed by atoms with E-state index in [1.165, 1.54) is 12.1 Å². The van der Waals surface area contributed by atoms with Crippen LogP contribution >= 0.6 is 0 Å². The number of carbonyl (C=O) groups is 1. The fourth-order valence-corrected chi connectivity index (χ4v) is 4.93. The fraction of sp³-hybridized carbons (Fsp3) is 0.222. The third-order valence-corrected chi connectivity index (χ3v) is 7.29. The second kappa shape index (κ2) is 13.9. The van der Waals surface area contributed by atoms with Gasteiger partial charge in [0.2, 0.25) is 5.88 Å². The molecule has 0 aliphatic carbocycles. The number of ether oxygens (including phenoxy) is 5. The summed E-state index contributed by atoms with van der Waals surface area (Å²) >= 11 is 0. The largest absolute Gasteiger partial charge is 0.490 e. The zero-order valence-electron chi connectivity index (χ0n) is 25.2. The number of halogens is 1. The molecular weight excluding hydrogens is 575 g/mol. The number of nitriles is 1. The molecule has 45 heavy (non-hydrogen) atoms. The van der Waals surface area contributed by atoms with E-state index in [0.29, 0.717) is 35.2 Å². The average molecular weight is 609 g/mol. The lowest BCUT2D eigenvalue weighted by atomic mass is 9.83. The monoisotopic (exact) mass is 608 g/mol. The van der Waals surface area contributed by atoms with Gasteiger partial charge in [-0.1, -0.05) is 43.3 Å². The summed E-state index contributed by atoms with van der Waals surface area (Å²) in [6.45, 7) is 6.13. The van der Waals surface area contributed by atoms with Crippen LogP contribution in [0.1, 0.15) is 48.9 Å². The molecule has 0 saturated carbocycles. The van der Waals surface area contributed by atoms with Crippen molar-refractivity contribution in [2.24, 2.45) is 5.73 Å². The highest BCUT2D eigenvalue weighted by Crippen LogP contribution is 2.45. The van der Waals surface area contributed by atoms with Crippen LogP contribution in [0.15, 0.2) is 96.4 Å². The van der Waals surface area contributed by atoms with Gasteiger partial charge in [-0.15, -0.1) is 0 Å². The lowest BCUT2D eigenvalue weighted by molar-refractivity contribution is -0.141. The van der Waals surface area contributed by atoms with Crippen molar-refractivity contribution in [1.29, 1.82) is 5.26 Å². The number of nitrogens with zero attached hydrogens (tertiary/aromatic N) is 1. The Kier molecular flexibility index (Phi) is 9.54. The Hall–Kier alpha value is -5.49. The minimum Gasteiger partial charge on any atom is -0.490 e. The molecule has 0 spiro atoms. The Morgan fingerprint density at radius 3 is 2.33 bits per heavy atom. The van der Waals surface area contributed by atoms with Gasteiger partial charge in [0.1, 0.15) is 41.3 Å². The topological polar surface area (TPSA) is 113 Å². The molecule has 1 heterocycles. The maximum atomic E-state index is 13.3. The number of allylic oxidation sites excluding steroid dienone is 1. The number of hydrogen-bond donors (Lipinski definition) is 1. The summed E-state index contributed by atoms with van der Waals surface area (Å²) in [7, 11) is 0. The molecule has 8 nitrogen and oxygen atoms in total. The Bertz CT molecular complexity index is 1750. The number of aryl methyl sites for hydroxylation is 1. The highest BCUT2D eigenvalue weighted by atomic mass is 19.1. The molecule has 0 radical (unpaired) electrons. The number of nitrogens with two attached hydrogens (primary N) is 1. The predicted molar refractivity (Wildman–Crippen MR) is 166 cm³/mol. The first-order valence-corrected chi connectivity index (χ1v) is 14.6. The summed E-state index contributed by atoms with van der Waals surface area (Å²) in [6.07, 6.45) is 0.0409. The Morgan fingerprint density at radius 1 is 0.933 bits per heavy atom. The van der Waals surface area contributed by atoms with E-state index in [1.54, 1.807) is 49.4 Å². The average Bonchev–Trinajstić information content (AvgIpc) is 3.04. The van der Waals surface area contributed by atoms with Crippen LogP contribution in [0.25, 0.3) is 0 Å². The number of hydrogen-bond acceptors (Lipinski definition) is 8. The lowest BCUT2D eigenvalue weighted by Crippen LogP contribution is -2.28. The summed E-state index contributed by atoms with van der Waals surface area (Å²) in [4.78, 5) is 12.8. The van der Waals surface area contributed by atoms with Gasteiger partial charge in [0.05, 0.1) is 12.5 Å². The summed E-state index contributed by atoms with van der Waals surface area (Å²) in [5.41, 5.74) is 9.78. The van der Waals surface area contributed by atoms with Gasteiger partial charge in [-0.3, -0.25) is 0 Å². The number of rotatable bonds is 11. The maximum Gasteiger partial charge on any atom is 0.352 e. The lowest BCUT2D eigenvalue weighted by Gasteiger charge is -2.27. The molecule has 2 unspecified atom stereocenters. The van der Waals surface area contributed by atoms with Crippen LogP contribution < -0.4 is 29.4 Å². The quantitative estimate of drug-likeness (QED) is 0.144. The summed E-state index contributed by atoms with van der Waals surface area (Å²) in [5, 5.41) is 10.0. The molecule has 230 valence electrons. The van der Waals surface area contributed by atoms with Crippen LogP contribution in [0, 0.1) is 17.1 Å². The van der Waals surface area contributed by atoms with Crippen molar-refractivity contribution in [3.05, 3.63) is 124 Å². The van der Waals surface area contributed by atoms with Gasteiger partial charge >= 0.3 is 5.97 Å². The minimum atomic E-state index is -0.863. The van der Waals surface area contributed by atoms with Crippen LogP contribution in [0.3, 0.4) is 0 Å². The number of benzene rings is 4. The first-order valence-electron chi connectivity index (χ1n) is 14.6. The smallest absolute Gasteiger partial charge is 0.352 e. The molecule has 2 N–H and O–H groups in total. The van der Waals surface area contributed by atoms with Crippen molar-refractivity contribution in [2.75, 3.05) is 6.61 Å². The van der Waals surface area contributed by atoms with Gasteiger partial charge in [0.15, 0.2) is 17.6 Å². The van der Waals surface area contributed by atoms with Crippen LogP contribution in [-0.2, 0) is 17.8 Å². The highest BCUT2D eigenvalue weighted by Gasteiger charge is 2.32. The van der Waals surface area contributed by atoms with E-state index in [-0.39, 0.29) is 29.6 Å². The standard InChI is InChI=1S/C36H33FN2O6/c1-4-23-8-13-27(14-9-23)43-22(3)36(40)44-28-15-16-29-32(19-28)45-35(39)30(20-38)34(29)25-10-17-31(33(18-25)41-5-2)42-21-24-6-11-26(37)12-7-24/h6-19,22,34H,4-5,21,39H2,1-3H3. The van der Waals surface area contributed by atoms with E-state index in [9.17, 15) is 14.4 Å². The van der Waals surface area contributed by atoms with Crippen molar-refractivity contribution >= 4 is 5.97 Å². The van der Waals surface area contributed by atoms with E-state index in [0.717, 1.165) is 23.1 Å². The summed E-state index contributed by atoms with van der Waals surface area (Å²) in [6, 6.07) is 26.1. The van der Waals surface area contributed by atoms with Crippen LogP contribution in [0.4, 0.5) is 4.39 Å². The molecule has 0 amide bonds. The third-order valence-electron chi connectivity index (χ3n) is 7.29. The second-order valence-electron chi connectivity index (χ2n) is 10.4. The molecule has 1 aliphatic heterocycles. The maximum absolute atomic E-state index is 13.3. The van der Waals surface area contributed by atoms with Crippen LogP contribution in [-0.4, -0.2) is 18.7 Å². The molecule has 0 aromatic heterocycles. The van der Waals surface area contributed by atoms with E-state index < -0.39 is 18.0 Å². The van der Waals surface area contributed by atoms with Crippen molar-refractivity contribution in [2.45, 2.75) is 45.8 Å². The summed E-state index contributed by atoms with van der Waals surface area (Å²) in [5.74, 6) is 0.578. The van der Waals surface area contributed by atoms with Gasteiger partial charge in [-0.25, -0.2) is 9.18 Å². The van der Waals surface area contributed by atoms with Gasteiger partial charge in [-0.05, 0) is 79.4 Å². The predicted octanol–water partition coefficient (Wildman–Crippen LogP) is 6.96. The third kappa shape index (κ3) is 7.19. The van der Waals surface area contributed by atoms with Crippen molar-refractivity contribution in [1.82, 2.24) is 0 Å². The fourth-order valence-electron chi connectivity index (χ4n) is 4.93. The molecule has 2 atom stereocenters. The van der Waals surface area contributed by atoms with Crippen LogP contribution in [0.5, 0.6) is 28.7 Å². The molecule has 1 aliphatic rings. The van der Waals surface area contributed by atoms with Gasteiger partial charge in [0.25, 0.3) is 0 Å². The van der Waals surface area contributed by atoms with E-state index >= 15 is 0 Å². The van der Waals surface area contributed by atoms with Crippen molar-refractivity contribution < 1.29 is 32.9 Å². The zero-order valence-corrected chi connectivity index (χ0v) is 25.2. The molecule has 5 rings (SSSR count). The van der Waals surface area contributed by atoms with Crippen molar-refractivity contribution in [3.8, 4) is 34.8 Å². The van der Waals surface area contributed by atoms with Crippen molar-refractivity contribution in [3.63, 3.8) is 0 Å². The number of esters is 1. The molecular formula is C36H33FN2O6. The zero-order chi connectivity index (χ0) is 31.9. The molecule has 4 aromatic rings. The molecule has 9 heteroatoms. The second-order valence-corrected chi connectivity index (χ2v) is 10.4. The first kappa shape index (κ1) is 31.0. The van der Waals surface area contributed by atoms with Gasteiger partial charge < -0.3 is 29.4 Å². The van der Waals surface area contributed by atoms with Gasteiger partial charge in [0, 0.05) is 11.6 Å². The van der Waals surface area contributed by atoms with E-state index in [1.807, 2.05) is 37.3 Å². The molecule has 4 aromatic carbocycles. The number of fused-ring (bicyclic) bond motifs is 1. The van der Waals surface area contributed by atoms with E-state index in [4.69, 9.17) is 29.4 Å². The first-order chi connectivity index (χ1) is 21.8. The number of carbonyl (C=O) groups excluding carboxylic acids is 1.